The predicted molar refractivity (Wildman–Crippen MR) is 84.5 cm³/mol. The third kappa shape index (κ3) is 4.20. The van der Waals surface area contributed by atoms with Crippen molar-refractivity contribution in [2.24, 2.45) is 0 Å². The third-order valence-corrected chi connectivity index (χ3v) is 3.99. The number of piperazine rings is 1. The average molecular weight is 352 g/mol. The molecular weight excluding hydrogens is 335 g/mol. The number of carbonyl (C=O) groups is 1. The van der Waals surface area contributed by atoms with E-state index in [1.54, 1.807) is 23.1 Å². The number of anilines is 1. The molecule has 0 bridgehead atoms. The van der Waals surface area contributed by atoms with Gasteiger partial charge in [-0.3, -0.25) is 9.69 Å². The number of hydrogen-bond acceptors (Lipinski definition) is 3. The number of pyridine rings is 1. The van der Waals surface area contributed by atoms with Crippen LogP contribution in [-0.4, -0.2) is 37.0 Å². The smallest absolute Gasteiger partial charge is 0.419 e. The molecule has 0 saturated carbocycles. The van der Waals surface area contributed by atoms with Crippen molar-refractivity contribution in [3.8, 4) is 0 Å². The number of halogens is 3. The number of furan rings is 1. The van der Waals surface area contributed by atoms with E-state index in [1.807, 2.05) is 4.90 Å². The number of carbonyl (C=O) groups excluding carboxylic acids is 1. The van der Waals surface area contributed by atoms with E-state index in [0.29, 0.717) is 37.8 Å². The summed E-state index contributed by atoms with van der Waals surface area (Å²) in [6.45, 7) is 2.08. The molecule has 0 aromatic carbocycles. The lowest BCUT2D eigenvalue weighted by Gasteiger charge is -2.30. The number of nitrogens with zero attached hydrogens (tertiary/aromatic N) is 2. The summed E-state index contributed by atoms with van der Waals surface area (Å²) in [6.07, 6.45) is 1.19. The number of aromatic amines is 1. The van der Waals surface area contributed by atoms with E-state index in [2.05, 4.69) is 4.98 Å². The molecule has 0 unspecified atom stereocenters. The highest BCUT2D eigenvalue weighted by Crippen LogP contribution is 2.28. The molecule has 3 rings (SSSR count). The van der Waals surface area contributed by atoms with E-state index >= 15 is 0 Å². The van der Waals surface area contributed by atoms with Gasteiger partial charge in [-0.2, -0.15) is 13.2 Å². The van der Waals surface area contributed by atoms with Crippen molar-refractivity contribution in [2.75, 3.05) is 31.1 Å². The van der Waals surface area contributed by atoms with Crippen LogP contribution in [-0.2, 0) is 11.0 Å². The van der Waals surface area contributed by atoms with Gasteiger partial charge in [-0.15, -0.1) is 0 Å². The number of aromatic nitrogens is 1. The largest absolute Gasteiger partial charge is 0.465 e. The second-order valence-corrected chi connectivity index (χ2v) is 5.62. The van der Waals surface area contributed by atoms with Crippen molar-refractivity contribution in [1.29, 1.82) is 0 Å². The van der Waals surface area contributed by atoms with Crippen molar-refractivity contribution in [1.82, 2.24) is 4.90 Å². The van der Waals surface area contributed by atoms with E-state index < -0.39 is 11.7 Å². The lowest BCUT2D eigenvalue weighted by atomic mass is 10.2. The molecular formula is C17H17F3N3O2+. The first-order chi connectivity index (χ1) is 11.9. The molecule has 0 aliphatic carbocycles. The standard InChI is InChI=1S/C17H16F3N3O2/c18-17(19,20)13-3-5-15(21-12-13)22-7-9-23(10-8-22)16(24)6-4-14-2-1-11-25-14/h1-6,11-12H,7-10H2/p+1/b6-4+. The lowest BCUT2D eigenvalue weighted by Crippen LogP contribution is -2.49. The molecule has 1 N–H and O–H groups in total. The fraction of sp³-hybridized carbons (Fsp3) is 0.294. The van der Waals surface area contributed by atoms with Gasteiger partial charge < -0.3 is 9.32 Å². The number of H-pyrrole nitrogens is 1. The van der Waals surface area contributed by atoms with Crippen LogP contribution >= 0.6 is 0 Å². The Morgan fingerprint density at radius 1 is 1.16 bits per heavy atom. The highest BCUT2D eigenvalue weighted by Gasteiger charge is 2.32. The fourth-order valence-electron chi connectivity index (χ4n) is 2.60. The molecule has 2 aromatic rings. The maximum Gasteiger partial charge on any atom is 0.419 e. The maximum atomic E-state index is 12.6. The van der Waals surface area contributed by atoms with E-state index in [9.17, 15) is 18.0 Å². The second-order valence-electron chi connectivity index (χ2n) is 5.62. The molecule has 1 aliphatic heterocycles. The summed E-state index contributed by atoms with van der Waals surface area (Å²) in [4.78, 5) is 18.4. The van der Waals surface area contributed by atoms with Crippen molar-refractivity contribution in [3.05, 3.63) is 54.1 Å². The van der Waals surface area contributed by atoms with Gasteiger partial charge in [0.05, 0.1) is 24.9 Å². The quantitative estimate of drug-likeness (QED) is 0.798. The highest BCUT2D eigenvalue weighted by molar-refractivity contribution is 5.91. The normalized spacial score (nSPS) is 15.8. The zero-order valence-corrected chi connectivity index (χ0v) is 13.3. The van der Waals surface area contributed by atoms with Gasteiger partial charge in [-0.1, -0.05) is 0 Å². The molecule has 0 atom stereocenters. The van der Waals surface area contributed by atoms with E-state index in [-0.39, 0.29) is 5.91 Å². The Morgan fingerprint density at radius 2 is 1.92 bits per heavy atom. The van der Waals surface area contributed by atoms with Gasteiger partial charge in [0, 0.05) is 12.1 Å². The van der Waals surface area contributed by atoms with Crippen LogP contribution in [0.25, 0.3) is 6.08 Å². The summed E-state index contributed by atoms with van der Waals surface area (Å²) in [6, 6.07) is 5.96. The number of amides is 1. The van der Waals surface area contributed by atoms with Crippen molar-refractivity contribution >= 4 is 17.8 Å². The van der Waals surface area contributed by atoms with E-state index in [4.69, 9.17) is 4.42 Å². The SMILES string of the molecule is O=C(/C=C/c1ccco1)N1CCN(c2ccc(C(F)(F)F)c[nH+]2)CC1. The van der Waals surface area contributed by atoms with Crippen molar-refractivity contribution in [3.63, 3.8) is 0 Å². The summed E-state index contributed by atoms with van der Waals surface area (Å²) < 4.78 is 42.9. The number of rotatable bonds is 3. The lowest BCUT2D eigenvalue weighted by molar-refractivity contribution is -0.367. The first-order valence-corrected chi connectivity index (χ1v) is 7.78. The minimum atomic E-state index is -4.36. The zero-order chi connectivity index (χ0) is 17.9. The molecule has 25 heavy (non-hydrogen) atoms. The van der Waals surface area contributed by atoms with Gasteiger partial charge in [0.15, 0.2) is 0 Å². The highest BCUT2D eigenvalue weighted by atomic mass is 19.4. The topological polar surface area (TPSA) is 50.8 Å². The van der Waals surface area contributed by atoms with Crippen LogP contribution in [0.4, 0.5) is 19.0 Å². The molecule has 1 saturated heterocycles. The first kappa shape index (κ1) is 17.1. The van der Waals surface area contributed by atoms with Crippen LogP contribution in [0, 0.1) is 0 Å². The summed E-state index contributed by atoms with van der Waals surface area (Å²) in [5.41, 5.74) is -0.715. The summed E-state index contributed by atoms with van der Waals surface area (Å²) in [7, 11) is 0. The second kappa shape index (κ2) is 7.00. The Bertz CT molecular complexity index is 731. The Morgan fingerprint density at radius 3 is 2.48 bits per heavy atom. The van der Waals surface area contributed by atoms with Gasteiger partial charge in [0.2, 0.25) is 5.91 Å². The number of nitrogens with one attached hydrogen (secondary N) is 1. The fourth-order valence-corrected chi connectivity index (χ4v) is 2.60. The molecule has 1 aliphatic rings. The molecule has 1 amide bonds. The van der Waals surface area contributed by atoms with E-state index in [1.165, 1.54) is 18.4 Å². The average Bonchev–Trinajstić information content (AvgIpc) is 3.13. The van der Waals surface area contributed by atoms with Crippen molar-refractivity contribution < 1.29 is 27.4 Å². The van der Waals surface area contributed by atoms with Gasteiger partial charge in [-0.25, -0.2) is 4.98 Å². The molecule has 1 fully saturated rings. The van der Waals surface area contributed by atoms with Crippen LogP contribution in [0.5, 0.6) is 0 Å². The van der Waals surface area contributed by atoms with Crippen LogP contribution in [0.1, 0.15) is 11.3 Å². The Kier molecular flexibility index (Phi) is 4.78. The van der Waals surface area contributed by atoms with E-state index in [0.717, 1.165) is 12.3 Å². The summed E-state index contributed by atoms with van der Waals surface area (Å²) in [5, 5.41) is 0. The monoisotopic (exact) mass is 352 g/mol. The van der Waals surface area contributed by atoms with Crippen molar-refractivity contribution in [2.45, 2.75) is 6.18 Å². The molecule has 5 nitrogen and oxygen atoms in total. The maximum absolute atomic E-state index is 12.6. The van der Waals surface area contributed by atoms with Gasteiger partial charge in [0.25, 0.3) is 5.82 Å². The molecule has 2 aromatic heterocycles. The molecule has 0 spiro atoms. The molecule has 3 heterocycles. The van der Waals surface area contributed by atoms with Crippen LogP contribution in [0.15, 0.2) is 47.2 Å². The zero-order valence-electron chi connectivity index (χ0n) is 13.3. The predicted octanol–water partition coefficient (Wildman–Crippen LogP) is 2.47. The first-order valence-electron chi connectivity index (χ1n) is 7.78. The van der Waals surface area contributed by atoms with Crippen LogP contribution < -0.4 is 9.88 Å². The molecule has 0 radical (unpaired) electrons. The van der Waals surface area contributed by atoms with Crippen LogP contribution in [0.3, 0.4) is 0 Å². The van der Waals surface area contributed by atoms with Gasteiger partial charge >= 0.3 is 6.18 Å². The minimum absolute atomic E-state index is 0.118. The Balaban J connectivity index is 1.55. The van der Waals surface area contributed by atoms with Gasteiger partial charge in [0.1, 0.15) is 25.0 Å². The summed E-state index contributed by atoms with van der Waals surface area (Å²) >= 11 is 0. The van der Waals surface area contributed by atoms with Gasteiger partial charge in [-0.05, 0) is 24.3 Å². The Hall–Kier alpha value is -2.77. The number of alkyl halides is 3. The Labute approximate surface area is 142 Å². The minimum Gasteiger partial charge on any atom is -0.465 e. The molecule has 8 heteroatoms. The third-order valence-electron chi connectivity index (χ3n) is 3.99. The number of hydrogen-bond donors (Lipinski definition) is 0. The van der Waals surface area contributed by atoms with Crippen LogP contribution in [0.2, 0.25) is 0 Å². The molecule has 132 valence electrons. The summed E-state index contributed by atoms with van der Waals surface area (Å²) in [5.74, 6) is 1.09.